The number of rotatable bonds is 0. The molecule has 0 atom stereocenters. The van der Waals surface area contributed by atoms with Crippen LogP contribution in [0.2, 0.25) is 6.55 Å². The summed E-state index contributed by atoms with van der Waals surface area (Å²) >= 11 is 0. The molecule has 1 radical (unpaired) electrons. The van der Waals surface area contributed by atoms with Crippen molar-refractivity contribution in [2.75, 3.05) is 0 Å². The fraction of sp³-hybridized carbons (Fsp3) is 1.00. The van der Waals surface area contributed by atoms with Crippen LogP contribution in [0.5, 0.6) is 0 Å². The second-order valence-electron chi connectivity index (χ2n) is 0. The van der Waals surface area contributed by atoms with Gasteiger partial charge in [-0.1, -0.05) is 6.55 Å². The average molecular weight is 400 g/mol. The Morgan fingerprint density at radius 2 is 1.17 bits per heavy atom. The van der Waals surface area contributed by atoms with Gasteiger partial charge in [-0.15, -0.1) is 0 Å². The van der Waals surface area contributed by atoms with Gasteiger partial charge in [0.05, 0.1) is 0 Å². The minimum absolute atomic E-state index is 0. The van der Waals surface area contributed by atoms with Crippen LogP contribution in [0, 0.1) is 0 Å². The fourth-order valence-electron chi connectivity index (χ4n) is 0. The number of hydrogen-bond donors (Lipinski definition) is 0. The predicted molar refractivity (Wildman–Crippen MR) is 15.8 cm³/mol. The molecule has 0 N–H and O–H groups in total. The maximum Gasteiger partial charge on any atom is 0 e. The van der Waals surface area contributed by atoms with E-state index < -0.39 is 0 Å². The normalized spacial score (nSPS) is 1.50. The van der Waals surface area contributed by atoms with Crippen LogP contribution in [0.3, 0.4) is 0 Å². The second kappa shape index (κ2) is 51.9. The average Bonchev–Trinajstić information content (AvgIpc) is 1.00. The zero-order chi connectivity index (χ0) is 2.00. The Kier molecular flexibility index (Phi) is 341. The third-order valence-corrected chi connectivity index (χ3v) is 0. The zero-order valence-corrected chi connectivity index (χ0v) is 11.7. The first-order valence-corrected chi connectivity index (χ1v) is 3.00. The van der Waals surface area contributed by atoms with Crippen molar-refractivity contribution in [2.24, 2.45) is 0 Å². The molecule has 0 fully saturated rings. The molecule has 0 nitrogen and oxygen atoms in total. The van der Waals surface area contributed by atoms with Crippen molar-refractivity contribution in [1.82, 2.24) is 0 Å². The summed E-state index contributed by atoms with van der Waals surface area (Å²) < 4.78 is 0. The fourth-order valence-corrected chi connectivity index (χ4v) is 0. The molecule has 0 saturated heterocycles. The minimum atomic E-state index is 0. The van der Waals surface area contributed by atoms with E-state index in [4.69, 9.17) is 0 Å². The second-order valence-corrected chi connectivity index (χ2v) is 0. The van der Waals surface area contributed by atoms with E-state index in [1.165, 1.54) is 10.2 Å². The summed E-state index contributed by atoms with van der Waals surface area (Å²) in [4.78, 5) is 0. The van der Waals surface area contributed by atoms with Gasteiger partial charge in [0.2, 0.25) is 0 Å². The Bertz CT molecular complexity index is 15.5. The molecule has 0 aromatic rings. The molecular formula is CH6CoCrNiSiW. The van der Waals surface area contributed by atoms with Gasteiger partial charge in [-0.2, -0.15) is 0 Å². The molecule has 0 aliphatic heterocycles. The summed E-state index contributed by atoms with van der Waals surface area (Å²) in [5.74, 6) is 0. The van der Waals surface area contributed by atoms with Crippen molar-refractivity contribution in [3.63, 3.8) is 0 Å². The molecule has 0 saturated carbocycles. The SMILES string of the molecule is C[SiH3].[Co].[Cr].[Ni].[W]. The third kappa shape index (κ3) is 32.0. The van der Waals surface area contributed by atoms with Gasteiger partial charge >= 0.3 is 0 Å². The van der Waals surface area contributed by atoms with Gasteiger partial charge < -0.3 is 0 Å². The Morgan fingerprint density at radius 3 is 1.17 bits per heavy atom. The molecule has 0 aliphatic carbocycles. The minimum Gasteiger partial charge on any atom is -0.0777 e. The molecule has 45 valence electrons. The molecule has 0 bridgehead atoms. The van der Waals surface area contributed by atoms with Crippen LogP contribution in [-0.2, 0) is 71.7 Å². The van der Waals surface area contributed by atoms with Gasteiger partial charge in [0.25, 0.3) is 0 Å². The summed E-state index contributed by atoms with van der Waals surface area (Å²) in [7, 11) is 1.31. The van der Waals surface area contributed by atoms with Crippen molar-refractivity contribution in [3.8, 4) is 0 Å². The standard InChI is InChI=1S/CH6Si.Co.Cr.Ni.W/c1-2;;;;/h1-2H3;;;;. The van der Waals surface area contributed by atoms with Crippen molar-refractivity contribution in [3.05, 3.63) is 0 Å². The molecule has 0 heterocycles. The largest absolute Gasteiger partial charge is 0.0777 e. The van der Waals surface area contributed by atoms with Crippen LogP contribution in [0.1, 0.15) is 0 Å². The summed E-state index contributed by atoms with van der Waals surface area (Å²) in [6.07, 6.45) is 0. The number of hydrogen-bond acceptors (Lipinski definition) is 0. The van der Waals surface area contributed by atoms with Crippen LogP contribution in [0.15, 0.2) is 0 Å². The summed E-state index contributed by atoms with van der Waals surface area (Å²) in [6, 6.07) is 0. The first kappa shape index (κ1) is 39.5. The van der Waals surface area contributed by atoms with Crippen molar-refractivity contribution >= 4 is 10.2 Å². The molecular weight excluding hydrogens is 394 g/mol. The quantitative estimate of drug-likeness (QED) is 0.477. The molecule has 0 aromatic carbocycles. The van der Waals surface area contributed by atoms with Crippen molar-refractivity contribution < 1.29 is 71.7 Å². The molecule has 0 aromatic heterocycles. The monoisotopic (exact) mass is 399 g/mol. The zero-order valence-electron chi connectivity index (χ0n) is 3.47. The molecule has 0 amide bonds. The molecule has 0 aliphatic rings. The topological polar surface area (TPSA) is 0 Å². The van der Waals surface area contributed by atoms with Gasteiger partial charge in [0.1, 0.15) is 0 Å². The molecule has 0 unspecified atom stereocenters. The Hall–Kier alpha value is 2.44. The summed E-state index contributed by atoms with van der Waals surface area (Å²) in [5.41, 5.74) is 0. The predicted octanol–water partition coefficient (Wildman–Crippen LogP) is -0.610. The van der Waals surface area contributed by atoms with Gasteiger partial charge in [-0.3, -0.25) is 0 Å². The molecule has 6 heavy (non-hydrogen) atoms. The maximum absolute atomic E-state index is 2.14. The van der Waals surface area contributed by atoms with E-state index in [0.717, 1.165) is 0 Å². The van der Waals surface area contributed by atoms with Crippen LogP contribution >= 0.6 is 0 Å². The van der Waals surface area contributed by atoms with E-state index in [-0.39, 0.29) is 71.7 Å². The first-order valence-electron chi connectivity index (χ1n) is 1.00. The van der Waals surface area contributed by atoms with E-state index in [0.29, 0.717) is 0 Å². The van der Waals surface area contributed by atoms with Crippen LogP contribution in [0.4, 0.5) is 0 Å². The van der Waals surface area contributed by atoms with Crippen LogP contribution in [-0.4, -0.2) is 10.2 Å². The third-order valence-electron chi connectivity index (χ3n) is 0. The van der Waals surface area contributed by atoms with E-state index in [9.17, 15) is 0 Å². The van der Waals surface area contributed by atoms with Crippen LogP contribution in [0.25, 0.3) is 0 Å². The molecule has 0 rings (SSSR count). The van der Waals surface area contributed by atoms with Gasteiger partial charge in [-0.05, 0) is 10.2 Å². The van der Waals surface area contributed by atoms with Gasteiger partial charge in [-0.25, -0.2) is 0 Å². The van der Waals surface area contributed by atoms with Crippen molar-refractivity contribution in [1.29, 1.82) is 0 Å². The molecule has 5 heteroatoms. The maximum atomic E-state index is 2.14. The van der Waals surface area contributed by atoms with E-state index in [1.54, 1.807) is 0 Å². The Morgan fingerprint density at radius 1 is 1.17 bits per heavy atom. The molecule has 0 spiro atoms. The van der Waals surface area contributed by atoms with Crippen molar-refractivity contribution in [2.45, 2.75) is 6.55 Å². The smallest absolute Gasteiger partial charge is 0 e. The van der Waals surface area contributed by atoms with E-state index >= 15 is 0 Å². The summed E-state index contributed by atoms with van der Waals surface area (Å²) in [6.45, 7) is 2.14. The van der Waals surface area contributed by atoms with E-state index in [2.05, 4.69) is 6.55 Å². The first-order chi connectivity index (χ1) is 1.00. The van der Waals surface area contributed by atoms with Gasteiger partial charge in [0.15, 0.2) is 0 Å². The van der Waals surface area contributed by atoms with Gasteiger partial charge in [0, 0.05) is 71.7 Å². The Labute approximate surface area is 87.5 Å². The van der Waals surface area contributed by atoms with E-state index in [1.807, 2.05) is 0 Å². The van der Waals surface area contributed by atoms with Crippen LogP contribution < -0.4 is 0 Å². The Balaban J connectivity index is -0.000000000833. The summed E-state index contributed by atoms with van der Waals surface area (Å²) in [5, 5.41) is 0.